The molecule has 0 amide bonds. The largest absolute Gasteiger partial charge is 0.388 e. The van der Waals surface area contributed by atoms with Gasteiger partial charge in [-0.25, -0.2) is 8.42 Å². The van der Waals surface area contributed by atoms with Gasteiger partial charge < -0.3 is 5.11 Å². The van der Waals surface area contributed by atoms with Gasteiger partial charge in [0.15, 0.2) is 9.84 Å². The minimum atomic E-state index is -3.18. The van der Waals surface area contributed by atoms with Gasteiger partial charge in [0.1, 0.15) is 0 Å². The van der Waals surface area contributed by atoms with Crippen molar-refractivity contribution in [3.05, 3.63) is 65.2 Å². The Kier molecular flexibility index (Phi) is 3.59. The normalized spacial score (nSPS) is 18.7. The highest BCUT2D eigenvalue weighted by Crippen LogP contribution is 2.40. The van der Waals surface area contributed by atoms with Crippen LogP contribution in [0.15, 0.2) is 53.4 Å². The molecule has 21 heavy (non-hydrogen) atoms. The van der Waals surface area contributed by atoms with E-state index >= 15 is 0 Å². The first-order chi connectivity index (χ1) is 9.95. The van der Waals surface area contributed by atoms with E-state index in [0.29, 0.717) is 12.3 Å². The molecule has 2 atom stereocenters. The molecule has 0 aromatic heterocycles. The monoisotopic (exact) mass is 302 g/mol. The number of aliphatic hydroxyl groups is 1. The maximum Gasteiger partial charge on any atom is 0.175 e. The van der Waals surface area contributed by atoms with Crippen molar-refractivity contribution in [2.45, 2.75) is 29.8 Å². The van der Waals surface area contributed by atoms with Crippen molar-refractivity contribution >= 4 is 9.84 Å². The SMILES string of the molecule is CS(=O)(=O)c1ccc(C(O)CC2Cc3ccccc32)cc1. The number of rotatable bonds is 4. The molecule has 1 aliphatic rings. The number of sulfone groups is 1. The van der Waals surface area contributed by atoms with E-state index in [1.807, 2.05) is 12.1 Å². The van der Waals surface area contributed by atoms with Crippen LogP contribution >= 0.6 is 0 Å². The van der Waals surface area contributed by atoms with Crippen LogP contribution in [0.25, 0.3) is 0 Å². The minimum Gasteiger partial charge on any atom is -0.388 e. The van der Waals surface area contributed by atoms with E-state index in [-0.39, 0.29) is 4.90 Å². The predicted molar refractivity (Wildman–Crippen MR) is 82.0 cm³/mol. The molecule has 1 aliphatic carbocycles. The smallest absolute Gasteiger partial charge is 0.175 e. The molecule has 3 nitrogen and oxygen atoms in total. The Morgan fingerprint density at radius 3 is 2.43 bits per heavy atom. The molecule has 0 aliphatic heterocycles. The lowest BCUT2D eigenvalue weighted by atomic mass is 9.74. The number of hydrogen-bond acceptors (Lipinski definition) is 3. The Morgan fingerprint density at radius 2 is 1.81 bits per heavy atom. The van der Waals surface area contributed by atoms with Crippen LogP contribution < -0.4 is 0 Å². The molecule has 2 aromatic rings. The van der Waals surface area contributed by atoms with Crippen molar-refractivity contribution in [2.75, 3.05) is 6.26 Å². The lowest BCUT2D eigenvalue weighted by Crippen LogP contribution is -2.19. The minimum absolute atomic E-state index is 0.285. The van der Waals surface area contributed by atoms with Crippen LogP contribution in [0.2, 0.25) is 0 Å². The van der Waals surface area contributed by atoms with Gasteiger partial charge in [-0.05, 0) is 47.6 Å². The van der Waals surface area contributed by atoms with Gasteiger partial charge in [-0.3, -0.25) is 0 Å². The van der Waals surface area contributed by atoms with Crippen LogP contribution in [0.5, 0.6) is 0 Å². The van der Waals surface area contributed by atoms with Gasteiger partial charge in [0, 0.05) is 6.26 Å². The molecule has 1 N–H and O–H groups in total. The third-order valence-electron chi connectivity index (χ3n) is 4.16. The van der Waals surface area contributed by atoms with E-state index in [9.17, 15) is 13.5 Å². The molecule has 0 bridgehead atoms. The molecule has 2 unspecified atom stereocenters. The van der Waals surface area contributed by atoms with Gasteiger partial charge in [-0.1, -0.05) is 36.4 Å². The van der Waals surface area contributed by atoms with E-state index in [2.05, 4.69) is 12.1 Å². The quantitative estimate of drug-likeness (QED) is 0.945. The fourth-order valence-electron chi connectivity index (χ4n) is 2.92. The first-order valence-corrected chi connectivity index (χ1v) is 8.90. The molecule has 3 rings (SSSR count). The standard InChI is InChI=1S/C17H18O3S/c1-21(19,20)15-8-6-12(7-9-15)17(18)11-14-10-13-4-2-3-5-16(13)14/h2-9,14,17-18H,10-11H2,1H3. The van der Waals surface area contributed by atoms with E-state index < -0.39 is 15.9 Å². The van der Waals surface area contributed by atoms with Gasteiger partial charge in [-0.15, -0.1) is 0 Å². The number of aliphatic hydroxyl groups excluding tert-OH is 1. The summed E-state index contributed by atoms with van der Waals surface area (Å²) >= 11 is 0. The first kappa shape index (κ1) is 14.3. The average molecular weight is 302 g/mol. The van der Waals surface area contributed by atoms with Crippen molar-refractivity contribution in [1.82, 2.24) is 0 Å². The fraction of sp³-hybridized carbons (Fsp3) is 0.294. The fourth-order valence-corrected chi connectivity index (χ4v) is 3.55. The summed E-state index contributed by atoms with van der Waals surface area (Å²) in [5.74, 6) is 0.394. The molecule has 2 aromatic carbocycles. The lowest BCUT2D eigenvalue weighted by Gasteiger charge is -2.31. The lowest BCUT2D eigenvalue weighted by molar-refractivity contribution is 0.153. The van der Waals surface area contributed by atoms with E-state index in [1.54, 1.807) is 24.3 Å². The van der Waals surface area contributed by atoms with Crippen LogP contribution in [-0.4, -0.2) is 19.8 Å². The zero-order valence-corrected chi connectivity index (χ0v) is 12.7. The Labute approximate surface area is 125 Å². The first-order valence-electron chi connectivity index (χ1n) is 7.01. The molecule has 0 saturated carbocycles. The molecule has 4 heteroatoms. The maximum absolute atomic E-state index is 11.4. The van der Waals surface area contributed by atoms with Crippen molar-refractivity contribution in [2.24, 2.45) is 0 Å². The second kappa shape index (κ2) is 5.28. The van der Waals surface area contributed by atoms with Crippen LogP contribution in [0, 0.1) is 0 Å². The van der Waals surface area contributed by atoms with Gasteiger partial charge in [0.2, 0.25) is 0 Å². The predicted octanol–water partition coefficient (Wildman–Crippen LogP) is 2.85. The number of fused-ring (bicyclic) bond motifs is 1. The van der Waals surface area contributed by atoms with Crippen molar-refractivity contribution in [1.29, 1.82) is 0 Å². The molecule has 0 spiro atoms. The third-order valence-corrected chi connectivity index (χ3v) is 5.29. The zero-order chi connectivity index (χ0) is 15.0. The molecule has 110 valence electrons. The molecule has 0 radical (unpaired) electrons. The summed E-state index contributed by atoms with van der Waals surface area (Å²) in [5.41, 5.74) is 3.46. The highest BCUT2D eigenvalue weighted by Gasteiger charge is 2.27. The van der Waals surface area contributed by atoms with Crippen LogP contribution in [0.3, 0.4) is 0 Å². The van der Waals surface area contributed by atoms with Crippen LogP contribution in [0.4, 0.5) is 0 Å². The van der Waals surface area contributed by atoms with Gasteiger partial charge >= 0.3 is 0 Å². The van der Waals surface area contributed by atoms with Crippen molar-refractivity contribution in [3.8, 4) is 0 Å². The Hall–Kier alpha value is -1.65. The average Bonchev–Trinajstić information content (AvgIpc) is 2.44. The van der Waals surface area contributed by atoms with Crippen LogP contribution in [-0.2, 0) is 16.3 Å². The van der Waals surface area contributed by atoms with E-state index in [0.717, 1.165) is 12.0 Å². The zero-order valence-electron chi connectivity index (χ0n) is 11.9. The highest BCUT2D eigenvalue weighted by molar-refractivity contribution is 7.90. The molecular weight excluding hydrogens is 284 g/mol. The Bertz CT molecular complexity index is 748. The summed E-state index contributed by atoms with van der Waals surface area (Å²) in [5, 5.41) is 10.3. The highest BCUT2D eigenvalue weighted by atomic mass is 32.2. The summed E-state index contributed by atoms with van der Waals surface area (Å²) in [6.45, 7) is 0. The van der Waals surface area contributed by atoms with Crippen molar-refractivity contribution in [3.63, 3.8) is 0 Å². The van der Waals surface area contributed by atoms with E-state index in [1.165, 1.54) is 17.4 Å². The van der Waals surface area contributed by atoms with E-state index in [4.69, 9.17) is 0 Å². The van der Waals surface area contributed by atoms with Crippen molar-refractivity contribution < 1.29 is 13.5 Å². The Balaban J connectivity index is 1.71. The molecule has 0 fully saturated rings. The maximum atomic E-state index is 11.4. The second-order valence-corrected chi connectivity index (χ2v) is 7.71. The second-order valence-electron chi connectivity index (χ2n) is 5.69. The topological polar surface area (TPSA) is 54.4 Å². The Morgan fingerprint density at radius 1 is 1.14 bits per heavy atom. The summed E-state index contributed by atoms with van der Waals surface area (Å²) < 4.78 is 22.8. The number of benzene rings is 2. The summed E-state index contributed by atoms with van der Waals surface area (Å²) in [4.78, 5) is 0.285. The molecular formula is C17H18O3S. The summed E-state index contributed by atoms with van der Waals surface area (Å²) in [6, 6.07) is 14.8. The summed E-state index contributed by atoms with van der Waals surface area (Å²) in [7, 11) is -3.18. The van der Waals surface area contributed by atoms with Gasteiger partial charge in [-0.2, -0.15) is 0 Å². The third kappa shape index (κ3) is 2.87. The molecule has 0 heterocycles. The van der Waals surface area contributed by atoms with Crippen LogP contribution in [0.1, 0.15) is 35.1 Å². The summed E-state index contributed by atoms with van der Waals surface area (Å²) in [6.07, 6.45) is 2.31. The van der Waals surface area contributed by atoms with Gasteiger partial charge in [0.05, 0.1) is 11.0 Å². The van der Waals surface area contributed by atoms with Gasteiger partial charge in [0.25, 0.3) is 0 Å². The molecule has 0 saturated heterocycles. The number of hydrogen-bond donors (Lipinski definition) is 1.